The highest BCUT2D eigenvalue weighted by Crippen LogP contribution is 2.34. The molecule has 156 valence electrons. The number of hydrogen-bond donors (Lipinski definition) is 1. The number of aryl methyl sites for hydroxylation is 1. The van der Waals surface area contributed by atoms with Gasteiger partial charge in [0.25, 0.3) is 0 Å². The van der Waals surface area contributed by atoms with E-state index in [0.29, 0.717) is 6.79 Å². The molecular formula is C25H29N3O2. The second-order valence-electron chi connectivity index (χ2n) is 8.42. The van der Waals surface area contributed by atoms with Crippen LogP contribution in [-0.2, 0) is 20.1 Å². The lowest BCUT2D eigenvalue weighted by atomic mass is 9.84. The summed E-state index contributed by atoms with van der Waals surface area (Å²) in [6, 6.07) is 15.2. The first-order valence-corrected chi connectivity index (χ1v) is 11.0. The fourth-order valence-electron chi connectivity index (χ4n) is 4.65. The van der Waals surface area contributed by atoms with Crippen molar-refractivity contribution in [3.8, 4) is 22.8 Å². The summed E-state index contributed by atoms with van der Waals surface area (Å²) in [6.45, 7) is 1.85. The van der Waals surface area contributed by atoms with E-state index in [4.69, 9.17) is 14.6 Å². The van der Waals surface area contributed by atoms with Crippen molar-refractivity contribution in [2.75, 3.05) is 6.79 Å². The monoisotopic (exact) mass is 403 g/mol. The number of fused-ring (bicyclic) bond motifs is 1. The third kappa shape index (κ3) is 4.08. The zero-order valence-electron chi connectivity index (χ0n) is 17.6. The van der Waals surface area contributed by atoms with Crippen molar-refractivity contribution in [1.82, 2.24) is 15.1 Å². The minimum absolute atomic E-state index is 0.310. The topological polar surface area (TPSA) is 48.3 Å². The highest BCUT2D eigenvalue weighted by Gasteiger charge is 2.17. The Morgan fingerprint density at radius 3 is 2.60 bits per heavy atom. The maximum absolute atomic E-state index is 5.47. The summed E-state index contributed by atoms with van der Waals surface area (Å²) in [7, 11) is 1.99. The molecule has 0 saturated heterocycles. The summed E-state index contributed by atoms with van der Waals surface area (Å²) in [5, 5.41) is 8.28. The van der Waals surface area contributed by atoms with Gasteiger partial charge in [0.15, 0.2) is 11.5 Å². The van der Waals surface area contributed by atoms with Gasteiger partial charge in [-0.25, -0.2) is 0 Å². The summed E-state index contributed by atoms with van der Waals surface area (Å²) in [5.41, 5.74) is 6.13. The minimum atomic E-state index is 0.310. The fourth-order valence-corrected chi connectivity index (χ4v) is 4.65. The van der Waals surface area contributed by atoms with Crippen LogP contribution in [0.5, 0.6) is 11.5 Å². The molecule has 0 bridgehead atoms. The van der Waals surface area contributed by atoms with E-state index in [2.05, 4.69) is 41.8 Å². The molecule has 2 heterocycles. The Labute approximate surface area is 178 Å². The number of rotatable bonds is 6. The Morgan fingerprint density at radius 2 is 1.77 bits per heavy atom. The highest BCUT2D eigenvalue weighted by molar-refractivity contribution is 5.63. The number of ether oxygens (including phenoxy) is 2. The van der Waals surface area contributed by atoms with Crippen molar-refractivity contribution in [1.29, 1.82) is 0 Å². The fraction of sp³-hybridized carbons (Fsp3) is 0.400. The first kappa shape index (κ1) is 19.2. The highest BCUT2D eigenvalue weighted by atomic mass is 16.7. The molecule has 1 fully saturated rings. The number of nitrogens with one attached hydrogen (secondary N) is 1. The predicted octanol–water partition coefficient (Wildman–Crippen LogP) is 5.15. The smallest absolute Gasteiger partial charge is 0.231 e. The van der Waals surface area contributed by atoms with Crippen LogP contribution in [0.2, 0.25) is 0 Å². The SMILES string of the molecule is Cn1cc(CNCc2ccc3c(c2)OCO3)c(-c2ccc(C3CCCCC3)cc2)n1. The Bertz CT molecular complexity index is 1000. The molecule has 1 aliphatic carbocycles. The molecule has 0 unspecified atom stereocenters. The first-order chi connectivity index (χ1) is 14.8. The first-order valence-electron chi connectivity index (χ1n) is 11.0. The standard InChI is InChI=1S/C25H29N3O2/c1-28-16-22(15-26-14-18-7-12-23-24(13-18)30-17-29-23)25(27-28)21-10-8-20(9-11-21)19-5-3-2-4-6-19/h7-13,16,19,26H,2-6,14-15,17H2,1H3. The minimum Gasteiger partial charge on any atom is -0.454 e. The summed E-state index contributed by atoms with van der Waals surface area (Å²) in [4.78, 5) is 0. The van der Waals surface area contributed by atoms with E-state index < -0.39 is 0 Å². The number of nitrogens with zero attached hydrogens (tertiary/aromatic N) is 2. The largest absolute Gasteiger partial charge is 0.454 e. The molecule has 0 radical (unpaired) electrons. The summed E-state index contributed by atoms with van der Waals surface area (Å²) >= 11 is 0. The van der Waals surface area contributed by atoms with Gasteiger partial charge in [0.05, 0.1) is 5.69 Å². The molecule has 5 heteroatoms. The molecule has 1 N–H and O–H groups in total. The molecule has 30 heavy (non-hydrogen) atoms. The van der Waals surface area contributed by atoms with Crippen molar-refractivity contribution in [3.05, 3.63) is 65.4 Å². The molecule has 0 atom stereocenters. The van der Waals surface area contributed by atoms with Gasteiger partial charge in [0.2, 0.25) is 6.79 Å². The molecule has 2 aromatic carbocycles. The molecular weight excluding hydrogens is 374 g/mol. The van der Waals surface area contributed by atoms with Crippen LogP contribution < -0.4 is 14.8 Å². The zero-order chi connectivity index (χ0) is 20.3. The van der Waals surface area contributed by atoms with Gasteiger partial charge < -0.3 is 14.8 Å². The van der Waals surface area contributed by atoms with E-state index >= 15 is 0 Å². The molecule has 1 aliphatic heterocycles. The molecule has 5 rings (SSSR count). The van der Waals surface area contributed by atoms with Gasteiger partial charge in [-0.2, -0.15) is 5.10 Å². The molecule has 3 aromatic rings. The van der Waals surface area contributed by atoms with Crippen LogP contribution in [0.1, 0.15) is 54.7 Å². The van der Waals surface area contributed by atoms with E-state index in [1.807, 2.05) is 23.9 Å². The normalized spacial score (nSPS) is 16.2. The van der Waals surface area contributed by atoms with Crippen molar-refractivity contribution in [2.45, 2.75) is 51.1 Å². The molecule has 0 spiro atoms. The van der Waals surface area contributed by atoms with Crippen LogP contribution in [0, 0.1) is 0 Å². The number of hydrogen-bond acceptors (Lipinski definition) is 4. The second kappa shape index (κ2) is 8.52. The van der Waals surface area contributed by atoms with E-state index in [9.17, 15) is 0 Å². The van der Waals surface area contributed by atoms with Crippen molar-refractivity contribution in [2.24, 2.45) is 7.05 Å². The van der Waals surface area contributed by atoms with Crippen LogP contribution in [0.4, 0.5) is 0 Å². The molecule has 0 amide bonds. The maximum Gasteiger partial charge on any atom is 0.231 e. The lowest BCUT2D eigenvalue weighted by Gasteiger charge is -2.22. The van der Waals surface area contributed by atoms with Crippen LogP contribution >= 0.6 is 0 Å². The van der Waals surface area contributed by atoms with Crippen LogP contribution in [-0.4, -0.2) is 16.6 Å². The summed E-state index contributed by atoms with van der Waals surface area (Å²) in [5.74, 6) is 2.39. The van der Waals surface area contributed by atoms with E-state index in [1.165, 1.54) is 54.4 Å². The Morgan fingerprint density at radius 1 is 0.967 bits per heavy atom. The second-order valence-corrected chi connectivity index (χ2v) is 8.42. The average molecular weight is 404 g/mol. The van der Waals surface area contributed by atoms with Gasteiger partial charge in [-0.1, -0.05) is 49.6 Å². The van der Waals surface area contributed by atoms with Crippen molar-refractivity contribution < 1.29 is 9.47 Å². The molecule has 1 aromatic heterocycles. The quantitative estimate of drug-likeness (QED) is 0.618. The number of aromatic nitrogens is 2. The third-order valence-corrected chi connectivity index (χ3v) is 6.25. The van der Waals surface area contributed by atoms with E-state index in [1.54, 1.807) is 0 Å². The molecule has 2 aliphatic rings. The predicted molar refractivity (Wildman–Crippen MR) is 118 cm³/mol. The lowest BCUT2D eigenvalue weighted by molar-refractivity contribution is 0.174. The van der Waals surface area contributed by atoms with Crippen molar-refractivity contribution in [3.63, 3.8) is 0 Å². The maximum atomic E-state index is 5.47. The summed E-state index contributed by atoms with van der Waals surface area (Å²) in [6.07, 6.45) is 8.90. The Balaban J connectivity index is 1.26. The Kier molecular flexibility index (Phi) is 5.45. The molecule has 5 nitrogen and oxygen atoms in total. The van der Waals surface area contributed by atoms with Crippen molar-refractivity contribution >= 4 is 0 Å². The zero-order valence-corrected chi connectivity index (χ0v) is 17.6. The van der Waals surface area contributed by atoms with Crippen LogP contribution in [0.25, 0.3) is 11.3 Å². The van der Waals surface area contributed by atoms with Gasteiger partial charge in [-0.05, 0) is 42.0 Å². The van der Waals surface area contributed by atoms with Gasteiger partial charge in [0, 0.05) is 37.5 Å². The third-order valence-electron chi connectivity index (χ3n) is 6.25. The lowest BCUT2D eigenvalue weighted by Crippen LogP contribution is -2.12. The molecule has 1 saturated carbocycles. The average Bonchev–Trinajstić information content (AvgIpc) is 3.40. The number of benzene rings is 2. The van der Waals surface area contributed by atoms with E-state index in [0.717, 1.165) is 36.2 Å². The van der Waals surface area contributed by atoms with Gasteiger partial charge in [-0.15, -0.1) is 0 Å². The van der Waals surface area contributed by atoms with Gasteiger partial charge in [-0.3, -0.25) is 4.68 Å². The van der Waals surface area contributed by atoms with Gasteiger partial charge >= 0.3 is 0 Å². The summed E-state index contributed by atoms with van der Waals surface area (Å²) < 4.78 is 12.8. The van der Waals surface area contributed by atoms with Crippen LogP contribution in [0.3, 0.4) is 0 Å². The van der Waals surface area contributed by atoms with Crippen LogP contribution in [0.15, 0.2) is 48.7 Å². The van der Waals surface area contributed by atoms with Gasteiger partial charge in [0.1, 0.15) is 0 Å². The van der Waals surface area contributed by atoms with E-state index in [-0.39, 0.29) is 0 Å². The Hall–Kier alpha value is -2.79.